The van der Waals surface area contributed by atoms with Gasteiger partial charge >= 0.3 is 0 Å². The van der Waals surface area contributed by atoms with Gasteiger partial charge in [0.15, 0.2) is 0 Å². The number of aryl methyl sites for hydroxylation is 1. The van der Waals surface area contributed by atoms with E-state index in [1.807, 2.05) is 14.1 Å². The van der Waals surface area contributed by atoms with Crippen LogP contribution in [0.4, 0.5) is 11.6 Å². The van der Waals surface area contributed by atoms with Gasteiger partial charge in [0, 0.05) is 44.6 Å². The molecule has 0 unspecified atom stereocenters. The first-order chi connectivity index (χ1) is 13.5. The molecule has 1 amide bonds. The number of aromatic nitrogens is 2. The van der Waals surface area contributed by atoms with E-state index in [0.717, 1.165) is 39.1 Å². The summed E-state index contributed by atoms with van der Waals surface area (Å²) in [5.41, 5.74) is 2.95. The maximum atomic E-state index is 12.4. The van der Waals surface area contributed by atoms with Crippen LogP contribution < -0.4 is 15.1 Å². The molecule has 1 aliphatic rings. The van der Waals surface area contributed by atoms with E-state index in [1.165, 1.54) is 11.3 Å². The Morgan fingerprint density at radius 2 is 1.89 bits per heavy atom. The molecule has 0 spiro atoms. The molecule has 2 heterocycles. The number of nitrogens with zero attached hydrogens (tertiary/aromatic N) is 5. The number of rotatable bonds is 7. The zero-order valence-electron chi connectivity index (χ0n) is 17.1. The molecule has 0 radical (unpaired) electrons. The predicted molar refractivity (Wildman–Crippen MR) is 113 cm³/mol. The molecule has 2 aromatic rings. The number of hydrogen-bond acceptors (Lipinski definition) is 6. The van der Waals surface area contributed by atoms with Gasteiger partial charge in [-0.25, -0.2) is 9.97 Å². The number of piperazine rings is 1. The normalized spacial score (nSPS) is 14.4. The van der Waals surface area contributed by atoms with Crippen LogP contribution in [-0.2, 0) is 0 Å². The maximum absolute atomic E-state index is 12.4. The van der Waals surface area contributed by atoms with Gasteiger partial charge in [-0.1, -0.05) is 12.1 Å². The summed E-state index contributed by atoms with van der Waals surface area (Å²) in [5.74, 6) is 0.491. The largest absolute Gasteiger partial charge is 0.368 e. The third kappa shape index (κ3) is 5.42. The monoisotopic (exact) mass is 382 g/mol. The van der Waals surface area contributed by atoms with Gasteiger partial charge in [-0.3, -0.25) is 4.79 Å². The molecular weight excluding hydrogens is 352 g/mol. The molecule has 1 aromatic carbocycles. The Bertz CT molecular complexity index is 786. The summed E-state index contributed by atoms with van der Waals surface area (Å²) in [6, 6.07) is 10.3. The van der Waals surface area contributed by atoms with Crippen molar-refractivity contribution < 1.29 is 4.79 Å². The SMILES string of the molecule is Cc1cccc(N2CCN(c3nccc(C(=O)NCCCN(C)C)n3)CC2)c1. The molecule has 0 aliphatic carbocycles. The quantitative estimate of drug-likeness (QED) is 0.737. The fourth-order valence-electron chi connectivity index (χ4n) is 3.30. The average Bonchev–Trinajstić information content (AvgIpc) is 2.71. The van der Waals surface area contributed by atoms with Crippen LogP contribution in [0.3, 0.4) is 0 Å². The van der Waals surface area contributed by atoms with E-state index in [2.05, 4.69) is 61.2 Å². The Kier molecular flexibility index (Phi) is 6.81. The number of amides is 1. The third-order valence-electron chi connectivity index (χ3n) is 4.87. The molecule has 0 saturated carbocycles. The Balaban J connectivity index is 1.55. The van der Waals surface area contributed by atoms with Crippen LogP contribution in [0.25, 0.3) is 0 Å². The lowest BCUT2D eigenvalue weighted by atomic mass is 10.2. The van der Waals surface area contributed by atoms with Crippen molar-refractivity contribution in [1.82, 2.24) is 20.2 Å². The Morgan fingerprint density at radius 3 is 2.61 bits per heavy atom. The molecule has 1 fully saturated rings. The summed E-state index contributed by atoms with van der Waals surface area (Å²) in [6.45, 7) is 7.20. The molecule has 1 aromatic heterocycles. The molecule has 1 saturated heterocycles. The van der Waals surface area contributed by atoms with E-state index < -0.39 is 0 Å². The van der Waals surface area contributed by atoms with Crippen molar-refractivity contribution in [2.24, 2.45) is 0 Å². The van der Waals surface area contributed by atoms with E-state index in [0.29, 0.717) is 18.2 Å². The third-order valence-corrected chi connectivity index (χ3v) is 4.87. The van der Waals surface area contributed by atoms with Gasteiger partial charge in [0.1, 0.15) is 5.69 Å². The number of benzene rings is 1. The Morgan fingerprint density at radius 1 is 1.14 bits per heavy atom. The molecule has 0 atom stereocenters. The zero-order chi connectivity index (χ0) is 19.9. The smallest absolute Gasteiger partial charge is 0.270 e. The number of carbonyl (C=O) groups is 1. The highest BCUT2D eigenvalue weighted by Crippen LogP contribution is 2.19. The molecule has 3 rings (SSSR count). The van der Waals surface area contributed by atoms with Crippen molar-refractivity contribution in [2.45, 2.75) is 13.3 Å². The van der Waals surface area contributed by atoms with Crippen molar-refractivity contribution in [3.8, 4) is 0 Å². The van der Waals surface area contributed by atoms with Crippen molar-refractivity contribution in [2.75, 3.05) is 63.2 Å². The van der Waals surface area contributed by atoms with Crippen molar-refractivity contribution >= 4 is 17.5 Å². The second-order valence-electron chi connectivity index (χ2n) is 7.47. The lowest BCUT2D eigenvalue weighted by Crippen LogP contribution is -2.47. The van der Waals surface area contributed by atoms with Crippen molar-refractivity contribution in [3.05, 3.63) is 47.8 Å². The van der Waals surface area contributed by atoms with E-state index in [1.54, 1.807) is 12.3 Å². The van der Waals surface area contributed by atoms with Crippen molar-refractivity contribution in [1.29, 1.82) is 0 Å². The van der Waals surface area contributed by atoms with E-state index >= 15 is 0 Å². The number of anilines is 2. The number of hydrogen-bond donors (Lipinski definition) is 1. The van der Waals surface area contributed by atoms with Crippen LogP contribution in [0.2, 0.25) is 0 Å². The molecule has 7 heteroatoms. The summed E-state index contributed by atoms with van der Waals surface area (Å²) < 4.78 is 0. The van der Waals surface area contributed by atoms with Gasteiger partial charge in [0.25, 0.3) is 5.91 Å². The molecule has 1 N–H and O–H groups in total. The second-order valence-corrected chi connectivity index (χ2v) is 7.47. The summed E-state index contributed by atoms with van der Waals surface area (Å²) in [5, 5.41) is 2.94. The second kappa shape index (κ2) is 9.50. The van der Waals surface area contributed by atoms with E-state index in [-0.39, 0.29) is 5.91 Å². The topological polar surface area (TPSA) is 64.6 Å². The fraction of sp³-hybridized carbons (Fsp3) is 0.476. The maximum Gasteiger partial charge on any atom is 0.270 e. The van der Waals surface area contributed by atoms with Crippen LogP contribution in [0.15, 0.2) is 36.5 Å². The zero-order valence-corrected chi connectivity index (χ0v) is 17.1. The molecular formula is C21H30N6O. The van der Waals surface area contributed by atoms with Crippen LogP contribution in [0.5, 0.6) is 0 Å². The highest BCUT2D eigenvalue weighted by molar-refractivity contribution is 5.92. The Labute approximate surface area is 167 Å². The van der Waals surface area contributed by atoms with Gasteiger partial charge < -0.3 is 20.0 Å². The first-order valence-corrected chi connectivity index (χ1v) is 9.85. The first kappa shape index (κ1) is 20.1. The minimum atomic E-state index is -0.138. The summed E-state index contributed by atoms with van der Waals surface area (Å²) in [6.07, 6.45) is 2.58. The first-order valence-electron chi connectivity index (χ1n) is 9.85. The summed E-state index contributed by atoms with van der Waals surface area (Å²) in [4.78, 5) is 27.9. The van der Waals surface area contributed by atoms with Crippen LogP contribution in [0, 0.1) is 6.92 Å². The van der Waals surface area contributed by atoms with Crippen LogP contribution >= 0.6 is 0 Å². The van der Waals surface area contributed by atoms with Gasteiger partial charge in [0.05, 0.1) is 0 Å². The average molecular weight is 383 g/mol. The highest BCUT2D eigenvalue weighted by Gasteiger charge is 2.20. The lowest BCUT2D eigenvalue weighted by Gasteiger charge is -2.36. The molecule has 150 valence electrons. The fourth-order valence-corrected chi connectivity index (χ4v) is 3.30. The van der Waals surface area contributed by atoms with E-state index in [9.17, 15) is 4.79 Å². The molecule has 1 aliphatic heterocycles. The minimum Gasteiger partial charge on any atom is -0.368 e. The minimum absolute atomic E-state index is 0.138. The molecule has 28 heavy (non-hydrogen) atoms. The predicted octanol–water partition coefficient (Wildman–Crippen LogP) is 1.79. The number of carbonyl (C=O) groups excluding carboxylic acids is 1. The van der Waals surface area contributed by atoms with E-state index in [4.69, 9.17) is 0 Å². The summed E-state index contributed by atoms with van der Waals surface area (Å²) >= 11 is 0. The van der Waals surface area contributed by atoms with Gasteiger partial charge in [-0.05, 0) is 57.7 Å². The molecule has 7 nitrogen and oxygen atoms in total. The lowest BCUT2D eigenvalue weighted by molar-refractivity contribution is 0.0947. The van der Waals surface area contributed by atoms with Crippen LogP contribution in [-0.4, -0.2) is 74.1 Å². The molecule has 0 bridgehead atoms. The van der Waals surface area contributed by atoms with Gasteiger partial charge in [-0.2, -0.15) is 0 Å². The van der Waals surface area contributed by atoms with Crippen molar-refractivity contribution in [3.63, 3.8) is 0 Å². The van der Waals surface area contributed by atoms with Crippen LogP contribution in [0.1, 0.15) is 22.5 Å². The highest BCUT2D eigenvalue weighted by atomic mass is 16.1. The van der Waals surface area contributed by atoms with Gasteiger partial charge in [0.2, 0.25) is 5.95 Å². The Hall–Kier alpha value is -2.67. The van der Waals surface area contributed by atoms with Gasteiger partial charge in [-0.15, -0.1) is 0 Å². The standard InChI is InChI=1S/C21H30N6O/c1-17-6-4-7-18(16-17)26-12-14-27(15-13-26)21-23-10-8-19(24-21)20(28)22-9-5-11-25(2)3/h4,6-8,10,16H,5,9,11-15H2,1-3H3,(H,22,28). The number of nitrogens with one attached hydrogen (secondary N) is 1. The summed E-state index contributed by atoms with van der Waals surface area (Å²) in [7, 11) is 4.05.